The van der Waals surface area contributed by atoms with Crippen LogP contribution in [0, 0.1) is 5.92 Å². The van der Waals surface area contributed by atoms with Crippen LogP contribution in [0.4, 0.5) is 0 Å². The van der Waals surface area contributed by atoms with E-state index in [1.54, 1.807) is 6.08 Å². The van der Waals surface area contributed by atoms with Crippen LogP contribution >= 0.6 is 0 Å². The predicted octanol–water partition coefficient (Wildman–Crippen LogP) is 2.49. The van der Waals surface area contributed by atoms with Gasteiger partial charge in [0.25, 0.3) is 0 Å². The molecular weight excluding hydrogens is 272 g/mol. The first-order chi connectivity index (χ1) is 10.0. The number of rotatable bonds is 4. The maximum atomic E-state index is 12.1. The molecule has 21 heavy (non-hydrogen) atoms. The Morgan fingerprint density at radius 3 is 2.57 bits per heavy atom. The molecule has 1 unspecified atom stereocenters. The number of aldehydes is 1. The van der Waals surface area contributed by atoms with Crippen LogP contribution in [0.1, 0.15) is 27.1 Å². The minimum Gasteiger partial charge on any atom is -0.507 e. The molecule has 0 aliphatic heterocycles. The van der Waals surface area contributed by atoms with Crippen molar-refractivity contribution in [1.82, 2.24) is 0 Å². The zero-order valence-electron chi connectivity index (χ0n) is 11.1. The smallest absolute Gasteiger partial charge is 0.193 e. The highest BCUT2D eigenvalue weighted by Gasteiger charge is 2.21. The van der Waals surface area contributed by atoms with Crippen molar-refractivity contribution in [3.8, 4) is 17.2 Å². The van der Waals surface area contributed by atoms with Crippen LogP contribution < -0.4 is 0 Å². The molecule has 0 radical (unpaired) electrons. The van der Waals surface area contributed by atoms with Crippen molar-refractivity contribution in [2.45, 2.75) is 6.42 Å². The predicted molar refractivity (Wildman–Crippen MR) is 76.7 cm³/mol. The molecule has 0 spiro atoms. The highest BCUT2D eigenvalue weighted by atomic mass is 16.3. The molecule has 0 saturated heterocycles. The number of allylic oxidation sites excluding steroid dienone is 6. The molecule has 0 bridgehead atoms. The van der Waals surface area contributed by atoms with Gasteiger partial charge in [0.15, 0.2) is 12.1 Å². The van der Waals surface area contributed by atoms with Crippen molar-refractivity contribution >= 4 is 12.1 Å². The van der Waals surface area contributed by atoms with Crippen LogP contribution in [0.25, 0.3) is 0 Å². The summed E-state index contributed by atoms with van der Waals surface area (Å²) in [4.78, 5) is 22.9. The molecule has 5 nitrogen and oxygen atoms in total. The SMILES string of the molecule is O=Cc1c(O)cc(O)c(C(=O)C=CC2C=CC=CC2)c1O. The Morgan fingerprint density at radius 1 is 1.19 bits per heavy atom. The monoisotopic (exact) mass is 286 g/mol. The molecule has 1 aliphatic rings. The minimum atomic E-state index is -0.726. The second kappa shape index (κ2) is 6.09. The number of phenols is 3. The summed E-state index contributed by atoms with van der Waals surface area (Å²) in [5, 5.41) is 28.9. The van der Waals surface area contributed by atoms with E-state index >= 15 is 0 Å². The standard InChI is InChI=1S/C16H14O5/c17-9-11-13(19)8-14(20)15(16(11)21)12(18)7-6-10-4-2-1-3-5-10/h1-4,6-10,19-21H,5H2. The quantitative estimate of drug-likeness (QED) is 0.449. The second-order valence-electron chi connectivity index (χ2n) is 4.61. The number of ketones is 1. The average Bonchev–Trinajstić information content (AvgIpc) is 2.46. The molecule has 5 heteroatoms. The lowest BCUT2D eigenvalue weighted by Gasteiger charge is -2.09. The number of hydrogen-bond acceptors (Lipinski definition) is 5. The van der Waals surface area contributed by atoms with Gasteiger partial charge in [-0.15, -0.1) is 0 Å². The van der Waals surface area contributed by atoms with Crippen LogP contribution in [-0.2, 0) is 0 Å². The normalized spacial score (nSPS) is 17.2. The lowest BCUT2D eigenvalue weighted by Crippen LogP contribution is -2.01. The van der Waals surface area contributed by atoms with Gasteiger partial charge in [-0.25, -0.2) is 0 Å². The van der Waals surface area contributed by atoms with Gasteiger partial charge in [-0.3, -0.25) is 9.59 Å². The Hall–Kier alpha value is -2.82. The molecule has 108 valence electrons. The fourth-order valence-electron chi connectivity index (χ4n) is 2.05. The van der Waals surface area contributed by atoms with Gasteiger partial charge in [0.05, 0.1) is 5.56 Å². The van der Waals surface area contributed by atoms with E-state index in [0.29, 0.717) is 0 Å². The number of aromatic hydroxyl groups is 3. The lowest BCUT2D eigenvalue weighted by molar-refractivity contribution is 0.104. The fraction of sp³-hybridized carbons (Fsp3) is 0.125. The number of benzene rings is 1. The zero-order chi connectivity index (χ0) is 15.4. The van der Waals surface area contributed by atoms with Gasteiger partial charge in [-0.1, -0.05) is 30.4 Å². The van der Waals surface area contributed by atoms with Gasteiger partial charge in [0, 0.05) is 6.07 Å². The first-order valence-electron chi connectivity index (χ1n) is 6.33. The van der Waals surface area contributed by atoms with E-state index in [4.69, 9.17) is 0 Å². The summed E-state index contributed by atoms with van der Waals surface area (Å²) in [7, 11) is 0. The molecule has 1 atom stereocenters. The minimum absolute atomic E-state index is 0.0610. The third-order valence-corrected chi connectivity index (χ3v) is 3.17. The third-order valence-electron chi connectivity index (χ3n) is 3.17. The zero-order valence-corrected chi connectivity index (χ0v) is 11.1. The van der Waals surface area contributed by atoms with Crippen molar-refractivity contribution in [3.63, 3.8) is 0 Å². The van der Waals surface area contributed by atoms with Crippen molar-refractivity contribution in [3.05, 3.63) is 53.6 Å². The maximum Gasteiger partial charge on any atom is 0.193 e. The Balaban J connectivity index is 2.31. The highest BCUT2D eigenvalue weighted by Crippen LogP contribution is 2.36. The van der Waals surface area contributed by atoms with E-state index in [-0.39, 0.29) is 12.2 Å². The van der Waals surface area contributed by atoms with Crippen LogP contribution in [0.5, 0.6) is 17.2 Å². The van der Waals surface area contributed by atoms with Gasteiger partial charge in [-0.05, 0) is 18.4 Å². The van der Waals surface area contributed by atoms with Gasteiger partial charge in [0.2, 0.25) is 0 Å². The summed E-state index contributed by atoms with van der Waals surface area (Å²) in [6.45, 7) is 0. The van der Waals surface area contributed by atoms with Crippen LogP contribution in [0.2, 0.25) is 0 Å². The van der Waals surface area contributed by atoms with Crippen LogP contribution in [0.3, 0.4) is 0 Å². The topological polar surface area (TPSA) is 94.8 Å². The maximum absolute atomic E-state index is 12.1. The van der Waals surface area contributed by atoms with Gasteiger partial charge >= 0.3 is 0 Å². The number of phenolic OH excluding ortho intramolecular Hbond substituents is 3. The summed E-state index contributed by atoms with van der Waals surface area (Å²) >= 11 is 0. The summed E-state index contributed by atoms with van der Waals surface area (Å²) in [6, 6.07) is 0.855. The first-order valence-corrected chi connectivity index (χ1v) is 6.33. The summed E-state index contributed by atoms with van der Waals surface area (Å²) < 4.78 is 0. The Kier molecular flexibility index (Phi) is 4.23. The van der Waals surface area contributed by atoms with Crippen LogP contribution in [-0.4, -0.2) is 27.4 Å². The number of hydrogen-bond donors (Lipinski definition) is 3. The number of carbonyl (C=O) groups is 2. The van der Waals surface area contributed by atoms with E-state index < -0.39 is 34.2 Å². The summed E-state index contributed by atoms with van der Waals surface area (Å²) in [6.07, 6.45) is 11.5. The largest absolute Gasteiger partial charge is 0.507 e. The molecule has 3 N–H and O–H groups in total. The summed E-state index contributed by atoms with van der Waals surface area (Å²) in [5.74, 6) is -2.47. The molecule has 1 aromatic carbocycles. The Bertz CT molecular complexity index is 668. The van der Waals surface area contributed by atoms with E-state index in [2.05, 4.69) is 0 Å². The molecule has 0 fully saturated rings. The van der Waals surface area contributed by atoms with E-state index in [0.717, 1.165) is 12.5 Å². The van der Waals surface area contributed by atoms with Crippen molar-refractivity contribution in [2.75, 3.05) is 0 Å². The van der Waals surface area contributed by atoms with Gasteiger partial charge in [0.1, 0.15) is 22.8 Å². The molecule has 2 rings (SSSR count). The lowest BCUT2D eigenvalue weighted by atomic mass is 9.98. The molecule has 0 amide bonds. The van der Waals surface area contributed by atoms with E-state index in [1.807, 2.05) is 24.3 Å². The Morgan fingerprint density at radius 2 is 1.95 bits per heavy atom. The molecule has 1 aliphatic carbocycles. The average molecular weight is 286 g/mol. The van der Waals surface area contributed by atoms with Crippen molar-refractivity contribution in [2.24, 2.45) is 5.92 Å². The van der Waals surface area contributed by atoms with Gasteiger partial charge in [-0.2, -0.15) is 0 Å². The third kappa shape index (κ3) is 3.02. The molecular formula is C16H14O5. The van der Waals surface area contributed by atoms with Gasteiger partial charge < -0.3 is 15.3 Å². The fourth-order valence-corrected chi connectivity index (χ4v) is 2.05. The first kappa shape index (κ1) is 14.6. The summed E-state index contributed by atoms with van der Waals surface area (Å²) in [5.41, 5.74) is -0.827. The molecule has 0 saturated carbocycles. The number of carbonyl (C=O) groups excluding carboxylic acids is 2. The molecule has 0 heterocycles. The Labute approximate surface area is 121 Å². The van der Waals surface area contributed by atoms with Crippen molar-refractivity contribution in [1.29, 1.82) is 0 Å². The van der Waals surface area contributed by atoms with Crippen molar-refractivity contribution < 1.29 is 24.9 Å². The highest BCUT2D eigenvalue weighted by molar-refractivity contribution is 6.10. The molecule has 0 aromatic heterocycles. The molecule has 1 aromatic rings. The van der Waals surface area contributed by atoms with E-state index in [9.17, 15) is 24.9 Å². The van der Waals surface area contributed by atoms with Crippen LogP contribution in [0.15, 0.2) is 42.5 Å². The second-order valence-corrected chi connectivity index (χ2v) is 4.61. The van der Waals surface area contributed by atoms with E-state index in [1.165, 1.54) is 6.08 Å².